The van der Waals surface area contributed by atoms with E-state index in [0.717, 1.165) is 30.3 Å². The van der Waals surface area contributed by atoms with Crippen LogP contribution in [-0.2, 0) is 4.74 Å². The van der Waals surface area contributed by atoms with Gasteiger partial charge in [0, 0.05) is 0 Å². The van der Waals surface area contributed by atoms with E-state index in [1.54, 1.807) is 0 Å². The third kappa shape index (κ3) is 3.27. The zero-order valence-electron chi connectivity index (χ0n) is 10.4. The van der Waals surface area contributed by atoms with Gasteiger partial charge in [-0.1, -0.05) is 20.8 Å². The quantitative estimate of drug-likeness (QED) is 0.669. The molecule has 0 aromatic rings. The molecule has 1 aliphatic rings. The lowest BCUT2D eigenvalue weighted by Gasteiger charge is -2.23. The first kappa shape index (κ1) is 12.0. The van der Waals surface area contributed by atoms with Gasteiger partial charge in [-0.15, -0.1) is 0 Å². The number of hydrogen-bond acceptors (Lipinski definition) is 1. The maximum atomic E-state index is 5.75. The summed E-state index contributed by atoms with van der Waals surface area (Å²) >= 11 is 0. The summed E-state index contributed by atoms with van der Waals surface area (Å²) in [6.45, 7) is 12.3. The van der Waals surface area contributed by atoms with Crippen LogP contribution in [0.15, 0.2) is 0 Å². The summed E-state index contributed by atoms with van der Waals surface area (Å²) in [6, 6.07) is 0. The SMILES string of the molecule is CC(C)OC[C@@H]1C[C@@H](C)CC1C(C)C. The van der Waals surface area contributed by atoms with E-state index in [0.29, 0.717) is 6.10 Å². The molecule has 0 N–H and O–H groups in total. The van der Waals surface area contributed by atoms with Crippen LogP contribution in [-0.4, -0.2) is 12.7 Å². The summed E-state index contributed by atoms with van der Waals surface area (Å²) in [5.74, 6) is 3.43. The number of rotatable bonds is 4. The van der Waals surface area contributed by atoms with Gasteiger partial charge in [-0.05, 0) is 50.4 Å². The van der Waals surface area contributed by atoms with Crippen molar-refractivity contribution in [2.75, 3.05) is 6.61 Å². The molecule has 1 nitrogen and oxygen atoms in total. The fourth-order valence-electron chi connectivity index (χ4n) is 2.77. The molecule has 0 saturated heterocycles. The highest BCUT2D eigenvalue weighted by Gasteiger charge is 2.33. The Balaban J connectivity index is 2.41. The van der Waals surface area contributed by atoms with Crippen LogP contribution in [0, 0.1) is 23.7 Å². The van der Waals surface area contributed by atoms with Crippen LogP contribution in [0.4, 0.5) is 0 Å². The van der Waals surface area contributed by atoms with Crippen LogP contribution in [0.25, 0.3) is 0 Å². The molecule has 84 valence electrons. The highest BCUT2D eigenvalue weighted by molar-refractivity contribution is 4.83. The van der Waals surface area contributed by atoms with Crippen LogP contribution in [0.5, 0.6) is 0 Å². The van der Waals surface area contributed by atoms with E-state index in [2.05, 4.69) is 34.6 Å². The van der Waals surface area contributed by atoms with Gasteiger partial charge >= 0.3 is 0 Å². The molecule has 1 rings (SSSR count). The molecule has 0 amide bonds. The lowest BCUT2D eigenvalue weighted by Crippen LogP contribution is -2.21. The zero-order valence-corrected chi connectivity index (χ0v) is 10.4. The van der Waals surface area contributed by atoms with Gasteiger partial charge in [0.25, 0.3) is 0 Å². The highest BCUT2D eigenvalue weighted by atomic mass is 16.5. The Morgan fingerprint density at radius 1 is 1.14 bits per heavy atom. The first-order valence-corrected chi connectivity index (χ1v) is 6.12. The van der Waals surface area contributed by atoms with Crippen LogP contribution in [0.1, 0.15) is 47.5 Å². The molecule has 0 radical (unpaired) electrons. The van der Waals surface area contributed by atoms with Crippen molar-refractivity contribution in [3.63, 3.8) is 0 Å². The van der Waals surface area contributed by atoms with Gasteiger partial charge in [-0.25, -0.2) is 0 Å². The van der Waals surface area contributed by atoms with Crippen LogP contribution in [0.2, 0.25) is 0 Å². The maximum Gasteiger partial charge on any atom is 0.0519 e. The summed E-state index contributed by atoms with van der Waals surface area (Å²) in [7, 11) is 0. The van der Waals surface area contributed by atoms with E-state index in [-0.39, 0.29) is 0 Å². The first-order valence-electron chi connectivity index (χ1n) is 6.12. The minimum atomic E-state index is 0.388. The van der Waals surface area contributed by atoms with E-state index < -0.39 is 0 Å². The molecular weight excluding hydrogens is 172 g/mol. The summed E-state index contributed by atoms with van der Waals surface area (Å²) in [4.78, 5) is 0. The molecule has 1 unspecified atom stereocenters. The van der Waals surface area contributed by atoms with Crippen molar-refractivity contribution in [1.29, 1.82) is 0 Å². The zero-order chi connectivity index (χ0) is 10.7. The molecule has 3 atom stereocenters. The maximum absolute atomic E-state index is 5.75. The van der Waals surface area contributed by atoms with E-state index in [4.69, 9.17) is 4.74 Å². The van der Waals surface area contributed by atoms with Gasteiger partial charge in [0.2, 0.25) is 0 Å². The van der Waals surface area contributed by atoms with Gasteiger partial charge in [0.1, 0.15) is 0 Å². The van der Waals surface area contributed by atoms with Crippen LogP contribution < -0.4 is 0 Å². The van der Waals surface area contributed by atoms with Gasteiger partial charge in [-0.3, -0.25) is 0 Å². The molecule has 0 bridgehead atoms. The third-order valence-corrected chi connectivity index (χ3v) is 3.49. The summed E-state index contributed by atoms with van der Waals surface area (Å²) in [5.41, 5.74) is 0. The molecule has 1 aliphatic carbocycles. The highest BCUT2D eigenvalue weighted by Crippen LogP contribution is 2.40. The van der Waals surface area contributed by atoms with Crippen molar-refractivity contribution in [1.82, 2.24) is 0 Å². The Kier molecular flexibility index (Phi) is 4.43. The van der Waals surface area contributed by atoms with Crippen molar-refractivity contribution in [3.05, 3.63) is 0 Å². The molecule has 14 heavy (non-hydrogen) atoms. The van der Waals surface area contributed by atoms with E-state index in [1.807, 2.05) is 0 Å². The molecule has 0 aromatic heterocycles. The van der Waals surface area contributed by atoms with E-state index in [9.17, 15) is 0 Å². The minimum Gasteiger partial charge on any atom is -0.378 e. The monoisotopic (exact) mass is 198 g/mol. The van der Waals surface area contributed by atoms with Crippen molar-refractivity contribution in [3.8, 4) is 0 Å². The average molecular weight is 198 g/mol. The van der Waals surface area contributed by atoms with Gasteiger partial charge < -0.3 is 4.74 Å². The standard InChI is InChI=1S/C13H26O/c1-9(2)13-7-11(5)6-12(13)8-14-10(3)4/h9-13H,6-8H2,1-5H3/t11-,12+,13?/m1/s1. The molecular formula is C13H26O. The van der Waals surface area contributed by atoms with E-state index >= 15 is 0 Å². The molecule has 0 spiro atoms. The summed E-state index contributed by atoms with van der Waals surface area (Å²) in [6.07, 6.45) is 3.16. The van der Waals surface area contributed by atoms with E-state index in [1.165, 1.54) is 12.8 Å². The predicted molar refractivity (Wildman–Crippen MR) is 61.3 cm³/mol. The van der Waals surface area contributed by atoms with Crippen molar-refractivity contribution in [2.45, 2.75) is 53.6 Å². The van der Waals surface area contributed by atoms with Crippen molar-refractivity contribution in [2.24, 2.45) is 23.7 Å². The second-order valence-electron chi connectivity index (χ2n) is 5.63. The largest absolute Gasteiger partial charge is 0.378 e. The topological polar surface area (TPSA) is 9.23 Å². The minimum absolute atomic E-state index is 0.388. The summed E-state index contributed by atoms with van der Waals surface area (Å²) < 4.78 is 5.75. The second-order valence-corrected chi connectivity index (χ2v) is 5.63. The lowest BCUT2D eigenvalue weighted by molar-refractivity contribution is 0.0349. The molecule has 0 aliphatic heterocycles. The Morgan fingerprint density at radius 3 is 2.29 bits per heavy atom. The summed E-state index contributed by atoms with van der Waals surface area (Å²) in [5, 5.41) is 0. The van der Waals surface area contributed by atoms with Gasteiger partial charge in [0.05, 0.1) is 12.7 Å². The molecule has 0 heterocycles. The molecule has 1 heteroatoms. The molecule has 0 aromatic carbocycles. The Hall–Kier alpha value is -0.0400. The van der Waals surface area contributed by atoms with Crippen LogP contribution in [0.3, 0.4) is 0 Å². The van der Waals surface area contributed by atoms with Crippen molar-refractivity contribution < 1.29 is 4.74 Å². The van der Waals surface area contributed by atoms with Gasteiger partial charge in [-0.2, -0.15) is 0 Å². The van der Waals surface area contributed by atoms with Crippen LogP contribution >= 0.6 is 0 Å². The second kappa shape index (κ2) is 5.16. The molecule has 1 fully saturated rings. The third-order valence-electron chi connectivity index (χ3n) is 3.49. The first-order chi connectivity index (χ1) is 6.50. The number of hydrogen-bond donors (Lipinski definition) is 0. The Morgan fingerprint density at radius 2 is 1.79 bits per heavy atom. The lowest BCUT2D eigenvalue weighted by atomic mass is 9.86. The Labute approximate surface area is 89.2 Å². The smallest absolute Gasteiger partial charge is 0.0519 e. The fraction of sp³-hybridized carbons (Fsp3) is 1.00. The Bertz CT molecular complexity index is 163. The molecule has 1 saturated carbocycles. The predicted octanol–water partition coefficient (Wildman–Crippen LogP) is 3.73. The average Bonchev–Trinajstić information content (AvgIpc) is 2.43. The van der Waals surface area contributed by atoms with Gasteiger partial charge in [0.15, 0.2) is 0 Å². The number of ether oxygens (including phenoxy) is 1. The van der Waals surface area contributed by atoms with Crippen molar-refractivity contribution >= 4 is 0 Å². The fourth-order valence-corrected chi connectivity index (χ4v) is 2.77. The normalized spacial score (nSPS) is 33.2.